The number of hydrogen-bond donors (Lipinski definition) is 1. The normalized spacial score (nSPS) is 10.9. The molecule has 1 N–H and O–H groups in total. The molecule has 0 spiro atoms. The molecule has 2 aromatic rings. The summed E-state index contributed by atoms with van der Waals surface area (Å²) >= 11 is 9.06. The molecule has 1 aromatic heterocycles. The lowest BCUT2D eigenvalue weighted by Crippen LogP contribution is -2.07. The second kappa shape index (κ2) is 6.45. The first-order valence-electron chi connectivity index (χ1n) is 5.68. The molecule has 0 aliphatic rings. The van der Waals surface area contributed by atoms with E-state index in [1.165, 1.54) is 12.1 Å². The Morgan fingerprint density at radius 3 is 2.75 bits per heavy atom. The third-order valence-electron chi connectivity index (χ3n) is 2.46. The fraction of sp³-hybridized carbons (Fsp3) is 0.231. The van der Waals surface area contributed by atoms with Gasteiger partial charge in [0.25, 0.3) is 0 Å². The maximum atomic E-state index is 12.4. The number of furan rings is 1. The Kier molecular flexibility index (Phi) is 4.88. The minimum Gasteiger partial charge on any atom is -0.465 e. The van der Waals surface area contributed by atoms with E-state index in [9.17, 15) is 8.78 Å². The van der Waals surface area contributed by atoms with Crippen LogP contribution in [0.25, 0.3) is 0 Å². The largest absolute Gasteiger partial charge is 0.465 e. The number of benzene rings is 1. The summed E-state index contributed by atoms with van der Waals surface area (Å²) in [4.78, 5) is 0. The molecule has 3 nitrogen and oxygen atoms in total. The van der Waals surface area contributed by atoms with E-state index in [4.69, 9.17) is 16.0 Å². The summed E-state index contributed by atoms with van der Waals surface area (Å²) in [7, 11) is 0. The molecule has 20 heavy (non-hydrogen) atoms. The fourth-order valence-corrected chi connectivity index (χ4v) is 2.57. The topological polar surface area (TPSA) is 34.4 Å². The van der Waals surface area contributed by atoms with Gasteiger partial charge in [-0.25, -0.2) is 0 Å². The summed E-state index contributed by atoms with van der Waals surface area (Å²) in [5.41, 5.74) is 0.360. The van der Waals surface area contributed by atoms with Gasteiger partial charge < -0.3 is 14.5 Å². The number of halogens is 4. The van der Waals surface area contributed by atoms with Crippen molar-refractivity contribution in [3.05, 3.63) is 45.3 Å². The van der Waals surface area contributed by atoms with Gasteiger partial charge in [0, 0.05) is 5.02 Å². The highest BCUT2D eigenvalue weighted by Gasteiger charge is 2.15. The van der Waals surface area contributed by atoms with Gasteiger partial charge >= 0.3 is 6.61 Å². The fourth-order valence-electron chi connectivity index (χ4n) is 1.66. The van der Waals surface area contributed by atoms with Gasteiger partial charge in [-0.1, -0.05) is 11.6 Å². The number of hydrogen-bond acceptors (Lipinski definition) is 3. The number of rotatable bonds is 5. The van der Waals surface area contributed by atoms with Crippen LogP contribution in [-0.2, 0) is 6.54 Å². The van der Waals surface area contributed by atoms with Crippen molar-refractivity contribution in [1.82, 2.24) is 0 Å². The Morgan fingerprint density at radius 2 is 2.15 bits per heavy atom. The van der Waals surface area contributed by atoms with E-state index in [1.807, 2.05) is 13.0 Å². The van der Waals surface area contributed by atoms with E-state index in [-0.39, 0.29) is 5.75 Å². The van der Waals surface area contributed by atoms with Gasteiger partial charge in [-0.3, -0.25) is 0 Å². The first-order chi connectivity index (χ1) is 9.45. The molecule has 0 aliphatic heterocycles. The Labute approximate surface area is 128 Å². The van der Waals surface area contributed by atoms with Crippen molar-refractivity contribution >= 4 is 33.2 Å². The zero-order valence-electron chi connectivity index (χ0n) is 10.4. The third kappa shape index (κ3) is 3.86. The lowest BCUT2D eigenvalue weighted by Gasteiger charge is -2.14. The van der Waals surface area contributed by atoms with Crippen LogP contribution in [0.5, 0.6) is 5.75 Å². The van der Waals surface area contributed by atoms with Crippen molar-refractivity contribution in [3.63, 3.8) is 0 Å². The number of ether oxygens (including phenoxy) is 1. The van der Waals surface area contributed by atoms with Crippen LogP contribution in [0.1, 0.15) is 11.5 Å². The maximum Gasteiger partial charge on any atom is 0.387 e. The molecule has 0 saturated heterocycles. The number of alkyl halides is 2. The molecule has 2 rings (SSSR count). The Hall–Kier alpha value is -1.27. The standard InChI is InChI=1S/C13H11BrClF2NO2/c1-7-2-3-9(19-7)6-18-11-5-8(15)4-10(14)12(11)20-13(16)17/h2-5,13,18H,6H2,1H3. The minimum absolute atomic E-state index is 0.00711. The molecule has 0 bridgehead atoms. The molecule has 0 atom stereocenters. The highest BCUT2D eigenvalue weighted by atomic mass is 79.9. The lowest BCUT2D eigenvalue weighted by atomic mass is 10.3. The zero-order valence-corrected chi connectivity index (χ0v) is 12.8. The first kappa shape index (κ1) is 15.1. The number of anilines is 1. The van der Waals surface area contributed by atoms with Gasteiger partial charge in [0.05, 0.1) is 16.7 Å². The summed E-state index contributed by atoms with van der Waals surface area (Å²) in [5.74, 6) is 1.47. The van der Waals surface area contributed by atoms with E-state index >= 15 is 0 Å². The van der Waals surface area contributed by atoms with Crippen molar-refractivity contribution in [2.45, 2.75) is 20.1 Å². The second-order valence-corrected chi connectivity index (χ2v) is 5.30. The van der Waals surface area contributed by atoms with Crippen LogP contribution in [0.3, 0.4) is 0 Å². The zero-order chi connectivity index (χ0) is 14.7. The Bertz CT molecular complexity index is 604. The molecule has 0 radical (unpaired) electrons. The van der Waals surface area contributed by atoms with Crippen molar-refractivity contribution in [2.24, 2.45) is 0 Å². The molecule has 0 saturated carbocycles. The van der Waals surface area contributed by atoms with Crippen LogP contribution in [0, 0.1) is 6.92 Å². The SMILES string of the molecule is Cc1ccc(CNc2cc(Cl)cc(Br)c2OC(F)F)o1. The summed E-state index contributed by atoms with van der Waals surface area (Å²) in [6.45, 7) is -0.760. The van der Waals surface area contributed by atoms with Gasteiger partial charge in [-0.05, 0) is 47.1 Å². The molecule has 0 amide bonds. The molecule has 7 heteroatoms. The molecule has 0 fully saturated rings. The summed E-state index contributed by atoms with van der Waals surface area (Å²) < 4.78 is 35.1. The Morgan fingerprint density at radius 1 is 1.40 bits per heavy atom. The van der Waals surface area contributed by atoms with Crippen molar-refractivity contribution in [3.8, 4) is 5.75 Å². The van der Waals surface area contributed by atoms with Gasteiger partial charge in [0.2, 0.25) is 0 Å². The summed E-state index contributed by atoms with van der Waals surface area (Å²) in [6.07, 6.45) is 0. The average molecular weight is 367 g/mol. The van der Waals surface area contributed by atoms with Gasteiger partial charge in [-0.2, -0.15) is 8.78 Å². The monoisotopic (exact) mass is 365 g/mol. The number of aryl methyl sites for hydroxylation is 1. The first-order valence-corrected chi connectivity index (χ1v) is 6.86. The predicted octanol–water partition coefficient (Wildman–Crippen LogP) is 5.22. The van der Waals surface area contributed by atoms with Gasteiger partial charge in [0.1, 0.15) is 11.5 Å². The molecular weight excluding hydrogens is 356 g/mol. The van der Waals surface area contributed by atoms with Crippen LogP contribution in [-0.4, -0.2) is 6.61 Å². The second-order valence-electron chi connectivity index (χ2n) is 4.01. The minimum atomic E-state index is -2.92. The van der Waals surface area contributed by atoms with Crippen LogP contribution in [0.15, 0.2) is 33.2 Å². The van der Waals surface area contributed by atoms with Crippen LogP contribution in [0.4, 0.5) is 14.5 Å². The molecule has 108 valence electrons. The third-order valence-corrected chi connectivity index (χ3v) is 3.27. The highest BCUT2D eigenvalue weighted by Crippen LogP contribution is 2.37. The van der Waals surface area contributed by atoms with E-state index in [0.717, 1.165) is 5.76 Å². The average Bonchev–Trinajstić information content (AvgIpc) is 2.76. The van der Waals surface area contributed by atoms with Crippen molar-refractivity contribution in [1.29, 1.82) is 0 Å². The van der Waals surface area contributed by atoms with Crippen LogP contribution >= 0.6 is 27.5 Å². The summed E-state index contributed by atoms with van der Waals surface area (Å²) in [5, 5.41) is 3.36. The maximum absolute atomic E-state index is 12.4. The molecule has 0 unspecified atom stereocenters. The molecule has 0 aliphatic carbocycles. The van der Waals surface area contributed by atoms with Crippen molar-refractivity contribution < 1.29 is 17.9 Å². The van der Waals surface area contributed by atoms with Gasteiger partial charge in [0.15, 0.2) is 5.75 Å². The van der Waals surface area contributed by atoms with E-state index in [1.54, 1.807) is 6.07 Å². The highest BCUT2D eigenvalue weighted by molar-refractivity contribution is 9.10. The molecule has 1 aromatic carbocycles. The van der Waals surface area contributed by atoms with Gasteiger partial charge in [-0.15, -0.1) is 0 Å². The van der Waals surface area contributed by atoms with Crippen LogP contribution in [0.2, 0.25) is 5.02 Å². The lowest BCUT2D eigenvalue weighted by molar-refractivity contribution is -0.0498. The molecule has 1 heterocycles. The predicted molar refractivity (Wildman–Crippen MR) is 76.6 cm³/mol. The summed E-state index contributed by atoms with van der Waals surface area (Å²) in [6, 6.07) is 6.62. The van der Waals surface area contributed by atoms with Crippen molar-refractivity contribution in [2.75, 3.05) is 5.32 Å². The van der Waals surface area contributed by atoms with E-state index in [0.29, 0.717) is 27.5 Å². The number of nitrogens with one attached hydrogen (secondary N) is 1. The smallest absolute Gasteiger partial charge is 0.387 e. The van der Waals surface area contributed by atoms with E-state index < -0.39 is 6.61 Å². The van der Waals surface area contributed by atoms with Crippen LogP contribution < -0.4 is 10.1 Å². The Balaban J connectivity index is 2.20. The molecular formula is C13H11BrClF2NO2. The quantitative estimate of drug-likeness (QED) is 0.788. The van der Waals surface area contributed by atoms with E-state index in [2.05, 4.69) is 26.0 Å².